The summed E-state index contributed by atoms with van der Waals surface area (Å²) in [6, 6.07) is 14.5. The maximum atomic E-state index is 14.3. The maximum absolute atomic E-state index is 14.3. The summed E-state index contributed by atoms with van der Waals surface area (Å²) in [5.41, 5.74) is 5.39. The molecule has 0 saturated carbocycles. The number of rotatable bonds is 6. The lowest BCUT2D eigenvalue weighted by Crippen LogP contribution is -2.55. The Morgan fingerprint density at radius 1 is 0.806 bits per heavy atom. The lowest BCUT2D eigenvalue weighted by atomic mass is 9.86. The average molecular weight is 423 g/mol. The molecule has 2 aromatic carbocycles. The topological polar surface area (TPSA) is 42.0 Å². The van der Waals surface area contributed by atoms with Crippen molar-refractivity contribution in [2.24, 2.45) is 0 Å². The van der Waals surface area contributed by atoms with Gasteiger partial charge in [-0.05, 0) is 37.5 Å². The van der Waals surface area contributed by atoms with Crippen molar-refractivity contribution < 1.29 is 14.3 Å². The molecule has 0 spiro atoms. The Morgan fingerprint density at radius 2 is 1.32 bits per heavy atom. The Hall–Kier alpha value is -2.05. The van der Waals surface area contributed by atoms with Crippen molar-refractivity contribution in [3.63, 3.8) is 0 Å². The number of benzene rings is 2. The van der Waals surface area contributed by atoms with Gasteiger partial charge in [0.15, 0.2) is 5.78 Å². The van der Waals surface area contributed by atoms with E-state index in [0.717, 1.165) is 42.9 Å². The Morgan fingerprint density at radius 3 is 1.87 bits per heavy atom. The lowest BCUT2D eigenvalue weighted by molar-refractivity contribution is -0.0301. The van der Waals surface area contributed by atoms with Gasteiger partial charge < -0.3 is 9.47 Å². The molecule has 0 bridgehead atoms. The first kappa shape index (κ1) is 22.2. The molecule has 2 unspecified atom stereocenters. The standard InChI is InChI=1S/C26H34N2O3/c1-19-17-20(2)23(21(3)18-19)26(29)25(28-11-15-31-16-12-28)24(22-7-5-4-6-8-22)27-9-13-30-14-10-27/h4-8,17-18,24-25H,9-16H2,1-3H3. The summed E-state index contributed by atoms with van der Waals surface area (Å²) < 4.78 is 11.3. The molecule has 166 valence electrons. The lowest BCUT2D eigenvalue weighted by Gasteiger charge is -2.44. The minimum Gasteiger partial charge on any atom is -0.379 e. The van der Waals surface area contributed by atoms with E-state index in [2.05, 4.69) is 67.0 Å². The predicted molar refractivity (Wildman–Crippen MR) is 123 cm³/mol. The molecule has 0 N–H and O–H groups in total. The number of Topliss-reactive ketones (excluding diaryl/α,β-unsaturated/α-hetero) is 1. The quantitative estimate of drug-likeness (QED) is 0.666. The molecule has 0 radical (unpaired) electrons. The first-order chi connectivity index (χ1) is 15.1. The van der Waals surface area contributed by atoms with Crippen LogP contribution in [0.3, 0.4) is 0 Å². The van der Waals surface area contributed by atoms with Gasteiger partial charge in [-0.15, -0.1) is 0 Å². The van der Waals surface area contributed by atoms with E-state index in [1.54, 1.807) is 0 Å². The first-order valence-corrected chi connectivity index (χ1v) is 11.4. The van der Waals surface area contributed by atoms with E-state index in [9.17, 15) is 4.79 Å². The molecule has 31 heavy (non-hydrogen) atoms. The number of hydrogen-bond acceptors (Lipinski definition) is 5. The van der Waals surface area contributed by atoms with Gasteiger partial charge in [-0.3, -0.25) is 14.6 Å². The molecule has 5 nitrogen and oxygen atoms in total. The predicted octanol–water partition coefficient (Wildman–Crippen LogP) is 3.57. The highest BCUT2D eigenvalue weighted by Crippen LogP contribution is 2.33. The summed E-state index contributed by atoms with van der Waals surface area (Å²) >= 11 is 0. The van der Waals surface area contributed by atoms with Crippen molar-refractivity contribution in [2.75, 3.05) is 52.6 Å². The van der Waals surface area contributed by atoms with E-state index in [0.29, 0.717) is 26.4 Å². The molecule has 2 aliphatic heterocycles. The Kier molecular flexibility index (Phi) is 7.18. The van der Waals surface area contributed by atoms with Crippen molar-refractivity contribution in [3.8, 4) is 0 Å². The SMILES string of the molecule is Cc1cc(C)c(C(=O)C(C(c2ccccc2)N2CCOCC2)N2CCOCC2)c(C)c1. The summed E-state index contributed by atoms with van der Waals surface area (Å²) in [6.45, 7) is 12.2. The molecular formula is C26H34N2O3. The number of carbonyl (C=O) groups excluding carboxylic acids is 1. The van der Waals surface area contributed by atoms with Crippen LogP contribution in [0.25, 0.3) is 0 Å². The van der Waals surface area contributed by atoms with E-state index in [1.807, 2.05) is 6.07 Å². The fourth-order valence-electron chi connectivity index (χ4n) is 5.18. The summed E-state index contributed by atoms with van der Waals surface area (Å²) in [5.74, 6) is 0.220. The molecule has 2 heterocycles. The van der Waals surface area contributed by atoms with E-state index < -0.39 is 0 Å². The number of nitrogens with zero attached hydrogens (tertiary/aromatic N) is 2. The molecule has 0 amide bonds. The van der Waals surface area contributed by atoms with E-state index in [-0.39, 0.29) is 17.9 Å². The van der Waals surface area contributed by atoms with Crippen LogP contribution >= 0.6 is 0 Å². The molecule has 2 saturated heterocycles. The summed E-state index contributed by atoms with van der Waals surface area (Å²) in [4.78, 5) is 19.1. The zero-order chi connectivity index (χ0) is 21.8. The Bertz CT molecular complexity index is 864. The number of hydrogen-bond donors (Lipinski definition) is 0. The van der Waals surface area contributed by atoms with Crippen LogP contribution in [-0.4, -0.2) is 74.2 Å². The zero-order valence-electron chi connectivity index (χ0n) is 19.0. The van der Waals surface area contributed by atoms with Crippen LogP contribution in [0.4, 0.5) is 0 Å². The van der Waals surface area contributed by atoms with Crippen LogP contribution < -0.4 is 0 Å². The van der Waals surface area contributed by atoms with Gasteiger partial charge in [-0.2, -0.15) is 0 Å². The monoisotopic (exact) mass is 422 g/mol. The van der Waals surface area contributed by atoms with Crippen molar-refractivity contribution >= 4 is 5.78 Å². The van der Waals surface area contributed by atoms with Gasteiger partial charge in [-0.1, -0.05) is 48.0 Å². The van der Waals surface area contributed by atoms with Gasteiger partial charge in [0, 0.05) is 31.7 Å². The van der Waals surface area contributed by atoms with Crippen molar-refractivity contribution in [3.05, 3.63) is 70.3 Å². The fraction of sp³-hybridized carbons (Fsp3) is 0.500. The summed E-state index contributed by atoms with van der Waals surface area (Å²) in [6.07, 6.45) is 0. The maximum Gasteiger partial charge on any atom is 0.182 e. The molecule has 4 rings (SSSR count). The first-order valence-electron chi connectivity index (χ1n) is 11.4. The van der Waals surface area contributed by atoms with Gasteiger partial charge in [0.05, 0.1) is 38.5 Å². The van der Waals surface area contributed by atoms with Crippen LogP contribution in [0, 0.1) is 20.8 Å². The number of ether oxygens (including phenoxy) is 2. The van der Waals surface area contributed by atoms with Gasteiger partial charge >= 0.3 is 0 Å². The largest absolute Gasteiger partial charge is 0.379 e. The minimum absolute atomic E-state index is 0.0178. The molecule has 2 atom stereocenters. The number of aryl methyl sites for hydroxylation is 3. The van der Waals surface area contributed by atoms with E-state index in [1.165, 1.54) is 11.1 Å². The van der Waals surface area contributed by atoms with Crippen molar-refractivity contribution in [1.82, 2.24) is 9.80 Å². The second-order valence-corrected chi connectivity index (χ2v) is 8.74. The van der Waals surface area contributed by atoms with E-state index >= 15 is 0 Å². The molecule has 0 aliphatic carbocycles. The smallest absolute Gasteiger partial charge is 0.182 e. The third-order valence-corrected chi connectivity index (χ3v) is 6.51. The second kappa shape index (κ2) is 10.0. The Labute approximate surface area is 185 Å². The normalized spacial score (nSPS) is 20.4. The zero-order valence-corrected chi connectivity index (χ0v) is 19.0. The van der Waals surface area contributed by atoms with E-state index in [4.69, 9.17) is 9.47 Å². The summed E-state index contributed by atoms with van der Waals surface area (Å²) in [5, 5.41) is 0. The summed E-state index contributed by atoms with van der Waals surface area (Å²) in [7, 11) is 0. The fourth-order valence-corrected chi connectivity index (χ4v) is 5.18. The minimum atomic E-state index is -0.260. The van der Waals surface area contributed by atoms with Gasteiger partial charge in [0.1, 0.15) is 0 Å². The van der Waals surface area contributed by atoms with Crippen LogP contribution in [-0.2, 0) is 9.47 Å². The molecule has 2 fully saturated rings. The van der Waals surface area contributed by atoms with Crippen LogP contribution in [0.15, 0.2) is 42.5 Å². The average Bonchev–Trinajstić information content (AvgIpc) is 2.78. The van der Waals surface area contributed by atoms with Crippen LogP contribution in [0.2, 0.25) is 0 Å². The highest BCUT2D eigenvalue weighted by atomic mass is 16.5. The van der Waals surface area contributed by atoms with Gasteiger partial charge in [0.2, 0.25) is 0 Å². The molecule has 2 aliphatic rings. The third-order valence-electron chi connectivity index (χ3n) is 6.51. The highest BCUT2D eigenvalue weighted by molar-refractivity contribution is 6.03. The number of morpholine rings is 2. The molecule has 2 aromatic rings. The van der Waals surface area contributed by atoms with Gasteiger partial charge in [0.25, 0.3) is 0 Å². The second-order valence-electron chi connectivity index (χ2n) is 8.74. The van der Waals surface area contributed by atoms with Crippen molar-refractivity contribution in [1.29, 1.82) is 0 Å². The molecule has 5 heteroatoms. The van der Waals surface area contributed by atoms with Crippen LogP contribution in [0.5, 0.6) is 0 Å². The number of ketones is 1. The van der Waals surface area contributed by atoms with Gasteiger partial charge in [-0.25, -0.2) is 0 Å². The van der Waals surface area contributed by atoms with Crippen LogP contribution in [0.1, 0.15) is 38.7 Å². The third kappa shape index (κ3) is 4.90. The molecule has 0 aromatic heterocycles. The molecular weight excluding hydrogens is 388 g/mol. The number of carbonyl (C=O) groups is 1. The Balaban J connectivity index is 1.81. The van der Waals surface area contributed by atoms with Crippen molar-refractivity contribution in [2.45, 2.75) is 32.9 Å². The highest BCUT2D eigenvalue weighted by Gasteiger charge is 2.40.